The van der Waals surface area contributed by atoms with Crippen molar-refractivity contribution in [2.75, 3.05) is 13.7 Å². The Morgan fingerprint density at radius 2 is 2.16 bits per heavy atom. The zero-order chi connectivity index (χ0) is 13.9. The number of hydrogen-bond donors (Lipinski definition) is 1. The van der Waals surface area contributed by atoms with Gasteiger partial charge in [-0.1, -0.05) is 19.4 Å². The highest BCUT2D eigenvalue weighted by Gasteiger charge is 2.34. The summed E-state index contributed by atoms with van der Waals surface area (Å²) in [7, 11) is 1.49. The molecule has 106 valence electrons. The molecule has 3 heteroatoms. The minimum Gasteiger partial charge on any atom is -0.494 e. The molecule has 1 N–H and O–H groups in total. The second-order valence-electron chi connectivity index (χ2n) is 5.70. The van der Waals surface area contributed by atoms with Crippen LogP contribution in [0.5, 0.6) is 5.75 Å². The average molecular weight is 265 g/mol. The van der Waals surface area contributed by atoms with Gasteiger partial charge in [0.15, 0.2) is 11.6 Å². The van der Waals surface area contributed by atoms with Crippen molar-refractivity contribution >= 4 is 0 Å². The molecule has 0 amide bonds. The fourth-order valence-corrected chi connectivity index (χ4v) is 2.77. The first-order chi connectivity index (χ1) is 9.10. The van der Waals surface area contributed by atoms with E-state index in [0.29, 0.717) is 11.2 Å². The van der Waals surface area contributed by atoms with E-state index in [4.69, 9.17) is 4.74 Å². The molecule has 19 heavy (non-hydrogen) atoms. The van der Waals surface area contributed by atoms with Gasteiger partial charge in [0.1, 0.15) is 0 Å². The Kier molecular flexibility index (Phi) is 4.46. The van der Waals surface area contributed by atoms with Gasteiger partial charge in [-0.05, 0) is 49.3 Å². The van der Waals surface area contributed by atoms with Crippen LogP contribution in [-0.2, 0) is 0 Å². The summed E-state index contributed by atoms with van der Waals surface area (Å²) in [5.41, 5.74) is 1.46. The minimum atomic E-state index is -0.289. The Labute approximate surface area is 115 Å². The fraction of sp³-hybridized carbons (Fsp3) is 0.625. The number of halogens is 1. The predicted molar refractivity (Wildman–Crippen MR) is 75.9 cm³/mol. The molecule has 0 bridgehead atoms. The van der Waals surface area contributed by atoms with Gasteiger partial charge in [0, 0.05) is 12.6 Å². The summed E-state index contributed by atoms with van der Waals surface area (Å²) in [6.07, 6.45) is 5.21. The van der Waals surface area contributed by atoms with E-state index in [-0.39, 0.29) is 11.9 Å². The lowest BCUT2D eigenvalue weighted by molar-refractivity contribution is 0.120. The normalized spacial score (nSPS) is 18.7. The molecule has 1 unspecified atom stereocenters. The Hall–Kier alpha value is -1.09. The Bertz CT molecular complexity index is 423. The molecule has 1 aromatic carbocycles. The number of hydrogen-bond acceptors (Lipinski definition) is 2. The summed E-state index contributed by atoms with van der Waals surface area (Å²) in [6.45, 7) is 5.38. The molecule has 1 aliphatic rings. The lowest BCUT2D eigenvalue weighted by Crippen LogP contribution is -2.40. The molecule has 0 spiro atoms. The summed E-state index contributed by atoms with van der Waals surface area (Å²) < 4.78 is 18.6. The molecular weight excluding hydrogens is 241 g/mol. The van der Waals surface area contributed by atoms with E-state index in [2.05, 4.69) is 19.2 Å². The summed E-state index contributed by atoms with van der Waals surface area (Å²) in [6, 6.07) is 5.36. The van der Waals surface area contributed by atoms with Gasteiger partial charge in [-0.3, -0.25) is 0 Å². The maximum Gasteiger partial charge on any atom is 0.165 e. The molecule has 0 heterocycles. The highest BCUT2D eigenvalue weighted by atomic mass is 19.1. The monoisotopic (exact) mass is 265 g/mol. The van der Waals surface area contributed by atoms with Crippen LogP contribution in [0.1, 0.15) is 51.1 Å². The van der Waals surface area contributed by atoms with Crippen molar-refractivity contribution in [3.63, 3.8) is 0 Å². The molecule has 1 aromatic rings. The fourth-order valence-electron chi connectivity index (χ4n) is 2.77. The van der Waals surface area contributed by atoms with E-state index in [1.165, 1.54) is 32.8 Å². The van der Waals surface area contributed by atoms with E-state index >= 15 is 0 Å². The van der Waals surface area contributed by atoms with Crippen LogP contribution in [0.4, 0.5) is 4.39 Å². The third-order valence-electron chi connectivity index (χ3n) is 4.62. The summed E-state index contributed by atoms with van der Waals surface area (Å²) >= 11 is 0. The largest absolute Gasteiger partial charge is 0.494 e. The van der Waals surface area contributed by atoms with E-state index < -0.39 is 0 Å². The molecule has 0 aliphatic heterocycles. The summed E-state index contributed by atoms with van der Waals surface area (Å²) in [5, 5.41) is 3.55. The zero-order valence-electron chi connectivity index (χ0n) is 12.1. The minimum absolute atomic E-state index is 0.171. The van der Waals surface area contributed by atoms with Crippen LogP contribution in [0.2, 0.25) is 0 Å². The van der Waals surface area contributed by atoms with Crippen molar-refractivity contribution in [2.24, 2.45) is 5.41 Å². The van der Waals surface area contributed by atoms with Crippen molar-refractivity contribution in [3.05, 3.63) is 29.6 Å². The highest BCUT2D eigenvalue weighted by molar-refractivity contribution is 5.30. The average Bonchev–Trinajstić information content (AvgIpc) is 2.37. The molecule has 2 nitrogen and oxygen atoms in total. The maximum absolute atomic E-state index is 13.7. The third kappa shape index (κ3) is 3.08. The Balaban J connectivity index is 1.96. The van der Waals surface area contributed by atoms with Crippen molar-refractivity contribution in [3.8, 4) is 5.75 Å². The Morgan fingerprint density at radius 1 is 1.42 bits per heavy atom. The van der Waals surface area contributed by atoms with E-state index in [1.54, 1.807) is 12.1 Å². The molecule has 2 rings (SSSR count). The van der Waals surface area contributed by atoms with Crippen LogP contribution in [-0.4, -0.2) is 13.7 Å². The van der Waals surface area contributed by atoms with Gasteiger partial charge in [-0.15, -0.1) is 0 Å². The van der Waals surface area contributed by atoms with Gasteiger partial charge in [-0.2, -0.15) is 0 Å². The zero-order valence-corrected chi connectivity index (χ0v) is 12.1. The first-order valence-electron chi connectivity index (χ1n) is 7.17. The lowest BCUT2D eigenvalue weighted by atomic mass is 9.67. The standard InChI is InChI=1S/C16H24FNO/c1-4-16(8-5-9-16)11-18-12(2)13-6-7-15(19-3)14(17)10-13/h6-7,10,12,18H,4-5,8-9,11H2,1-3H3. The van der Waals surface area contributed by atoms with Gasteiger partial charge in [0.25, 0.3) is 0 Å². The van der Waals surface area contributed by atoms with Gasteiger partial charge in [0.05, 0.1) is 7.11 Å². The number of nitrogens with one attached hydrogen (secondary N) is 1. The Morgan fingerprint density at radius 3 is 2.63 bits per heavy atom. The van der Waals surface area contributed by atoms with Crippen LogP contribution in [0, 0.1) is 11.2 Å². The third-order valence-corrected chi connectivity index (χ3v) is 4.62. The van der Waals surface area contributed by atoms with Crippen molar-refractivity contribution in [1.82, 2.24) is 5.32 Å². The predicted octanol–water partition coefficient (Wildman–Crippen LogP) is 4.07. The molecule has 0 radical (unpaired) electrons. The smallest absolute Gasteiger partial charge is 0.165 e. The number of rotatable bonds is 6. The molecule has 1 fully saturated rings. The first-order valence-corrected chi connectivity index (χ1v) is 7.17. The summed E-state index contributed by atoms with van der Waals surface area (Å²) in [5.74, 6) is 0.0162. The van der Waals surface area contributed by atoms with Crippen LogP contribution < -0.4 is 10.1 Å². The van der Waals surface area contributed by atoms with Crippen molar-refractivity contribution in [1.29, 1.82) is 0 Å². The van der Waals surface area contributed by atoms with E-state index in [0.717, 1.165) is 12.1 Å². The second kappa shape index (κ2) is 5.91. The van der Waals surface area contributed by atoms with Gasteiger partial charge in [-0.25, -0.2) is 4.39 Å². The highest BCUT2D eigenvalue weighted by Crippen LogP contribution is 2.43. The van der Waals surface area contributed by atoms with Crippen LogP contribution >= 0.6 is 0 Å². The number of methoxy groups -OCH3 is 1. The van der Waals surface area contributed by atoms with Crippen LogP contribution in [0.15, 0.2) is 18.2 Å². The van der Waals surface area contributed by atoms with E-state index in [1.807, 2.05) is 6.07 Å². The van der Waals surface area contributed by atoms with Crippen molar-refractivity contribution < 1.29 is 9.13 Å². The molecule has 1 aliphatic carbocycles. The number of benzene rings is 1. The summed E-state index contributed by atoms with van der Waals surface area (Å²) in [4.78, 5) is 0. The topological polar surface area (TPSA) is 21.3 Å². The molecular formula is C16H24FNO. The SMILES string of the molecule is CCC1(CNC(C)c2ccc(OC)c(F)c2)CCC1. The van der Waals surface area contributed by atoms with Gasteiger partial charge >= 0.3 is 0 Å². The van der Waals surface area contributed by atoms with E-state index in [9.17, 15) is 4.39 Å². The van der Waals surface area contributed by atoms with Gasteiger partial charge in [0.2, 0.25) is 0 Å². The van der Waals surface area contributed by atoms with Crippen LogP contribution in [0.25, 0.3) is 0 Å². The molecule has 1 saturated carbocycles. The van der Waals surface area contributed by atoms with Crippen LogP contribution in [0.3, 0.4) is 0 Å². The lowest BCUT2D eigenvalue weighted by Gasteiger charge is -2.42. The van der Waals surface area contributed by atoms with Crippen molar-refractivity contribution in [2.45, 2.75) is 45.6 Å². The maximum atomic E-state index is 13.7. The van der Waals surface area contributed by atoms with Gasteiger partial charge < -0.3 is 10.1 Å². The quantitative estimate of drug-likeness (QED) is 0.837. The molecule has 0 saturated heterocycles. The number of ether oxygens (including phenoxy) is 1. The first kappa shape index (κ1) is 14.3. The molecule has 0 aromatic heterocycles. The second-order valence-corrected chi connectivity index (χ2v) is 5.70. The molecule has 1 atom stereocenters.